The van der Waals surface area contributed by atoms with Crippen LogP contribution in [0.4, 0.5) is 0 Å². The number of hydrogen-bond acceptors (Lipinski definition) is 10. The summed E-state index contributed by atoms with van der Waals surface area (Å²) in [6, 6.07) is -0.528. The molecule has 1 saturated heterocycles. The number of aliphatic hydroxyl groups excluding tert-OH is 2. The highest BCUT2D eigenvalue weighted by Crippen LogP contribution is 2.61. The predicted octanol–water partition coefficient (Wildman–Crippen LogP) is 2.91. The van der Waals surface area contributed by atoms with Gasteiger partial charge in [0.25, 0.3) is 0 Å². The fourth-order valence-electron chi connectivity index (χ4n) is 11.6. The van der Waals surface area contributed by atoms with Gasteiger partial charge in [0, 0.05) is 57.7 Å². The zero-order valence-corrected chi connectivity index (χ0v) is 34.4. The molecule has 1 heterocycles. The Kier molecular flexibility index (Phi) is 15.3. The monoisotopic (exact) mass is 735 g/mol. The Bertz CT molecular complexity index is 1090. The molecule has 11 heteroatoms. The van der Waals surface area contributed by atoms with Crippen LogP contribution in [-0.4, -0.2) is 149 Å². The van der Waals surface area contributed by atoms with Crippen molar-refractivity contribution in [1.82, 2.24) is 30.8 Å². The molecule has 0 aromatic heterocycles. The first kappa shape index (κ1) is 42.3. The van der Waals surface area contributed by atoms with Gasteiger partial charge in [0.1, 0.15) is 12.1 Å². The van der Waals surface area contributed by atoms with E-state index < -0.39 is 24.2 Å². The van der Waals surface area contributed by atoms with Crippen molar-refractivity contribution in [2.45, 2.75) is 109 Å². The van der Waals surface area contributed by atoms with Gasteiger partial charge in [-0.2, -0.15) is 5.06 Å². The highest BCUT2D eigenvalue weighted by atomic mass is 16.7. The number of hydroxylamine groups is 2. The molecule has 11 nitrogen and oxygen atoms in total. The van der Waals surface area contributed by atoms with Crippen LogP contribution in [0.5, 0.6) is 0 Å². The molecule has 6 rings (SSSR count). The third-order valence-electron chi connectivity index (χ3n) is 14.6. The zero-order chi connectivity index (χ0) is 37.7. The Morgan fingerprint density at radius 3 is 2.13 bits per heavy atom. The second-order valence-corrected chi connectivity index (χ2v) is 19.0. The van der Waals surface area contributed by atoms with Crippen LogP contribution in [0.3, 0.4) is 0 Å². The van der Waals surface area contributed by atoms with Gasteiger partial charge >= 0.3 is 0 Å². The third kappa shape index (κ3) is 9.91. The standard InChI is InChI=1S/C41H78N6O5/c1-26-34-20-32(41(34,3)4)21-35(26)44-40(50)38-37(27(2)49)36(25-48)52-47(38)24-30-11-10-12-33(39(30)51-9)31-18-28(22-42-13-15-45(5)6)17-29(19-31)23-43-14-16-46(7)8/h26-39,42-43,48-49H,10-25H2,1-9H3,(H,44,50)/t26-,27-,28?,29?,30?,31?,32+,33?,34-,35?,36-,37-,38-,39?/m0/s1. The van der Waals surface area contributed by atoms with E-state index in [2.05, 4.69) is 74.7 Å². The molecule has 1 aliphatic heterocycles. The van der Waals surface area contributed by atoms with Gasteiger partial charge in [0.05, 0.1) is 18.8 Å². The van der Waals surface area contributed by atoms with Gasteiger partial charge in [-0.3, -0.25) is 9.63 Å². The van der Waals surface area contributed by atoms with Crippen molar-refractivity contribution < 1.29 is 24.6 Å². The molecule has 0 aromatic carbocycles. The summed E-state index contributed by atoms with van der Waals surface area (Å²) in [6.45, 7) is 15.4. The Morgan fingerprint density at radius 1 is 0.981 bits per heavy atom. The van der Waals surface area contributed by atoms with E-state index >= 15 is 0 Å². The summed E-state index contributed by atoms with van der Waals surface area (Å²) in [6.07, 6.45) is 7.94. The van der Waals surface area contributed by atoms with Crippen LogP contribution in [0.15, 0.2) is 0 Å². The van der Waals surface area contributed by atoms with Crippen LogP contribution >= 0.6 is 0 Å². The molecule has 6 fully saturated rings. The maximum atomic E-state index is 14.3. The lowest BCUT2D eigenvalue weighted by atomic mass is 9.45. The van der Waals surface area contributed by atoms with Gasteiger partial charge in [-0.1, -0.05) is 27.2 Å². The number of hydrogen-bond donors (Lipinski definition) is 5. The van der Waals surface area contributed by atoms with Crippen LogP contribution in [0.2, 0.25) is 0 Å². The topological polar surface area (TPSA) is 122 Å². The minimum Gasteiger partial charge on any atom is -0.394 e. The summed E-state index contributed by atoms with van der Waals surface area (Å²) in [5.41, 5.74) is 0.337. The molecule has 302 valence electrons. The minimum atomic E-state index is -0.792. The van der Waals surface area contributed by atoms with Crippen molar-refractivity contribution in [3.05, 3.63) is 0 Å². The maximum Gasteiger partial charge on any atom is 0.240 e. The molecule has 5 aliphatic carbocycles. The van der Waals surface area contributed by atoms with Crippen molar-refractivity contribution in [3.63, 3.8) is 0 Å². The lowest BCUT2D eigenvalue weighted by molar-refractivity contribution is -0.193. The fourth-order valence-corrected chi connectivity index (χ4v) is 11.6. The minimum absolute atomic E-state index is 0.0689. The van der Waals surface area contributed by atoms with Crippen molar-refractivity contribution in [3.8, 4) is 0 Å². The number of nitrogens with one attached hydrogen (secondary N) is 3. The van der Waals surface area contributed by atoms with Crippen molar-refractivity contribution in [1.29, 1.82) is 0 Å². The number of methoxy groups -OCH3 is 1. The van der Waals surface area contributed by atoms with Crippen LogP contribution in [0.1, 0.15) is 79.1 Å². The van der Waals surface area contributed by atoms with Gasteiger partial charge < -0.3 is 40.7 Å². The summed E-state index contributed by atoms with van der Waals surface area (Å²) < 4.78 is 6.47. The number of aliphatic hydroxyl groups is 2. The lowest BCUT2D eigenvalue weighted by Gasteiger charge is -2.62. The first-order valence-electron chi connectivity index (χ1n) is 21.0. The molecular weight excluding hydrogens is 656 g/mol. The van der Waals surface area contributed by atoms with Crippen LogP contribution in [0.25, 0.3) is 0 Å². The summed E-state index contributed by atoms with van der Waals surface area (Å²) in [5, 5.41) is 34.3. The predicted molar refractivity (Wildman–Crippen MR) is 208 cm³/mol. The summed E-state index contributed by atoms with van der Waals surface area (Å²) in [5.74, 6) is 3.61. The van der Waals surface area contributed by atoms with E-state index in [1.807, 2.05) is 12.2 Å². The molecular formula is C41H78N6O5. The number of carbonyl (C=O) groups excluding carboxylic acids is 1. The van der Waals surface area contributed by atoms with Crippen LogP contribution < -0.4 is 16.0 Å². The number of likely N-dealkylation sites (N-methyl/N-ethyl adjacent to an activating group) is 2. The van der Waals surface area contributed by atoms with Gasteiger partial charge in [-0.25, -0.2) is 0 Å². The molecule has 6 unspecified atom stereocenters. The van der Waals surface area contributed by atoms with Crippen LogP contribution in [0, 0.1) is 58.7 Å². The largest absolute Gasteiger partial charge is 0.394 e. The number of fused-ring (bicyclic) bond motifs is 2. The smallest absolute Gasteiger partial charge is 0.240 e. The lowest BCUT2D eigenvalue weighted by Crippen LogP contribution is -2.62. The molecule has 5 saturated carbocycles. The van der Waals surface area contributed by atoms with Gasteiger partial charge in [0.15, 0.2) is 0 Å². The van der Waals surface area contributed by atoms with Crippen molar-refractivity contribution in [2.24, 2.45) is 58.7 Å². The molecule has 5 N–H and O–H groups in total. The van der Waals surface area contributed by atoms with Gasteiger partial charge in [0.2, 0.25) is 5.91 Å². The third-order valence-corrected chi connectivity index (χ3v) is 14.6. The number of nitrogens with zero attached hydrogens (tertiary/aromatic N) is 3. The van der Waals surface area contributed by atoms with Crippen molar-refractivity contribution >= 4 is 5.91 Å². The van der Waals surface area contributed by atoms with E-state index in [1.54, 1.807) is 6.92 Å². The fraction of sp³-hybridized carbons (Fsp3) is 0.976. The summed E-state index contributed by atoms with van der Waals surface area (Å²) in [4.78, 5) is 25.2. The summed E-state index contributed by atoms with van der Waals surface area (Å²) >= 11 is 0. The molecule has 52 heavy (non-hydrogen) atoms. The maximum absolute atomic E-state index is 14.3. The highest BCUT2D eigenvalue weighted by Gasteiger charge is 2.58. The molecule has 6 aliphatic rings. The number of carbonyl (C=O) groups is 1. The van der Waals surface area contributed by atoms with E-state index in [0.29, 0.717) is 53.4 Å². The molecule has 1 amide bonds. The van der Waals surface area contributed by atoms with E-state index in [-0.39, 0.29) is 30.6 Å². The Labute approximate surface area is 316 Å². The van der Waals surface area contributed by atoms with E-state index in [1.165, 1.54) is 32.1 Å². The Hall–Kier alpha value is -0.890. The SMILES string of the molecule is COC1C(CN2O[C@@H](CO)[C@H]([C@H](C)O)[C@H]2C(=O)NC2C[C@H]3C[C@@H]([C@@H]2C)C3(C)C)CCCC1C1CC(CNCCN(C)C)CC(CNCCN(C)C)C1. The van der Waals surface area contributed by atoms with Crippen molar-refractivity contribution in [2.75, 3.05) is 87.7 Å². The molecule has 2 bridgehead atoms. The zero-order valence-electron chi connectivity index (χ0n) is 34.4. The average molecular weight is 735 g/mol. The quantitative estimate of drug-likeness (QED) is 0.135. The Balaban J connectivity index is 1.28. The normalized spacial score (nSPS) is 39.8. The average Bonchev–Trinajstić information content (AvgIpc) is 3.47. The van der Waals surface area contributed by atoms with E-state index in [9.17, 15) is 15.0 Å². The first-order valence-corrected chi connectivity index (χ1v) is 21.0. The molecule has 13 atom stereocenters. The Morgan fingerprint density at radius 2 is 1.62 bits per heavy atom. The first-order chi connectivity index (χ1) is 24.7. The second kappa shape index (κ2) is 18.8. The van der Waals surface area contributed by atoms with Crippen LogP contribution in [-0.2, 0) is 14.4 Å². The molecule has 0 spiro atoms. The highest BCUT2D eigenvalue weighted by molar-refractivity contribution is 5.82. The molecule has 0 radical (unpaired) electrons. The second-order valence-electron chi connectivity index (χ2n) is 19.0. The number of amides is 1. The number of rotatable bonds is 18. The molecule has 0 aromatic rings. The van der Waals surface area contributed by atoms with E-state index in [4.69, 9.17) is 9.57 Å². The van der Waals surface area contributed by atoms with Gasteiger partial charge in [-0.15, -0.1) is 0 Å². The van der Waals surface area contributed by atoms with Gasteiger partial charge in [-0.05, 0) is 140 Å². The summed E-state index contributed by atoms with van der Waals surface area (Å²) in [7, 11) is 10.4. The van der Waals surface area contributed by atoms with E-state index in [0.717, 1.165) is 58.5 Å². The number of ether oxygens (including phenoxy) is 1.